The van der Waals surface area contributed by atoms with Crippen molar-refractivity contribution >= 4 is 17.2 Å². The van der Waals surface area contributed by atoms with Crippen LogP contribution in [0.2, 0.25) is 0 Å². The van der Waals surface area contributed by atoms with Crippen LogP contribution >= 0.6 is 0 Å². The molecule has 0 aromatic heterocycles. The molecule has 2 nitrogen and oxygen atoms in total. The molecule has 0 amide bonds. The van der Waals surface area contributed by atoms with Crippen LogP contribution in [0.1, 0.15) is 16.7 Å². The van der Waals surface area contributed by atoms with Crippen LogP contribution in [0.3, 0.4) is 0 Å². The number of hydrogen-bond donors (Lipinski definition) is 0. The van der Waals surface area contributed by atoms with E-state index in [4.69, 9.17) is 0 Å². The van der Waals surface area contributed by atoms with Gasteiger partial charge in [0.25, 0.3) is 0 Å². The Morgan fingerprint density at radius 2 is 1.32 bits per heavy atom. The molecule has 0 saturated carbocycles. The second-order valence-electron chi connectivity index (χ2n) is 7.90. The standard InChI is InChI=1S/C27H17F5N2/c28-22-13-11-18(12-14-22)17-7-9-19(10-8-17)26-33-25-20(3-1-6-24(25)29)16-34(26)23-5-2-4-21(15-23)27(30,31)32/h1-15H,16H2. The maximum atomic E-state index is 14.5. The van der Waals surface area contributed by atoms with Gasteiger partial charge in [0.1, 0.15) is 23.2 Å². The van der Waals surface area contributed by atoms with E-state index in [2.05, 4.69) is 4.99 Å². The predicted molar refractivity (Wildman–Crippen MR) is 122 cm³/mol. The van der Waals surface area contributed by atoms with E-state index < -0.39 is 17.6 Å². The summed E-state index contributed by atoms with van der Waals surface area (Å²) in [5.41, 5.74) is 2.51. The number of aliphatic imine (C=N–C) groups is 1. The van der Waals surface area contributed by atoms with Gasteiger partial charge in [-0.15, -0.1) is 0 Å². The SMILES string of the molecule is Fc1ccc(-c2ccc(C3=Nc4c(F)cccc4CN3c3cccc(C(F)(F)F)c3)cc2)cc1. The van der Waals surface area contributed by atoms with Gasteiger partial charge in [0.2, 0.25) is 0 Å². The van der Waals surface area contributed by atoms with Crippen LogP contribution < -0.4 is 4.90 Å². The molecule has 0 fully saturated rings. The first-order valence-electron chi connectivity index (χ1n) is 10.5. The molecular weight excluding hydrogens is 447 g/mol. The number of nitrogens with zero attached hydrogens (tertiary/aromatic N) is 2. The Hall–Kier alpha value is -4.00. The van der Waals surface area contributed by atoms with E-state index in [0.29, 0.717) is 22.6 Å². The minimum absolute atomic E-state index is 0.160. The number of amidine groups is 1. The molecule has 7 heteroatoms. The summed E-state index contributed by atoms with van der Waals surface area (Å²) in [7, 11) is 0. The van der Waals surface area contributed by atoms with Crippen molar-refractivity contribution in [1.29, 1.82) is 0 Å². The highest BCUT2D eigenvalue weighted by atomic mass is 19.4. The van der Waals surface area contributed by atoms with E-state index in [9.17, 15) is 22.0 Å². The molecule has 0 unspecified atom stereocenters. The Labute approximate surface area is 192 Å². The van der Waals surface area contributed by atoms with E-state index in [1.165, 1.54) is 24.3 Å². The molecule has 1 heterocycles. The number of para-hydroxylation sites is 1. The van der Waals surface area contributed by atoms with Crippen molar-refractivity contribution in [3.63, 3.8) is 0 Å². The van der Waals surface area contributed by atoms with E-state index in [-0.39, 0.29) is 18.0 Å². The Balaban J connectivity index is 1.59. The summed E-state index contributed by atoms with van der Waals surface area (Å²) in [5.74, 6) is -0.501. The van der Waals surface area contributed by atoms with Crippen molar-refractivity contribution in [2.75, 3.05) is 4.90 Å². The molecule has 0 atom stereocenters. The third kappa shape index (κ3) is 4.17. The van der Waals surface area contributed by atoms with Gasteiger partial charge in [0, 0.05) is 16.8 Å². The maximum absolute atomic E-state index is 14.5. The number of halogens is 5. The van der Waals surface area contributed by atoms with Gasteiger partial charge >= 0.3 is 6.18 Å². The average Bonchev–Trinajstić information content (AvgIpc) is 2.84. The molecular formula is C27H17F5N2. The lowest BCUT2D eigenvalue weighted by Crippen LogP contribution is -2.34. The fourth-order valence-corrected chi connectivity index (χ4v) is 3.96. The maximum Gasteiger partial charge on any atom is 0.416 e. The first kappa shape index (κ1) is 21.8. The molecule has 0 radical (unpaired) electrons. The van der Waals surface area contributed by atoms with Crippen molar-refractivity contribution in [1.82, 2.24) is 0 Å². The number of benzene rings is 4. The topological polar surface area (TPSA) is 15.6 Å². The molecule has 4 aromatic rings. The molecule has 0 spiro atoms. The molecule has 1 aliphatic rings. The molecule has 34 heavy (non-hydrogen) atoms. The normalized spacial score (nSPS) is 13.4. The minimum Gasteiger partial charge on any atom is -0.321 e. The van der Waals surface area contributed by atoms with Crippen LogP contribution in [0.25, 0.3) is 11.1 Å². The van der Waals surface area contributed by atoms with Gasteiger partial charge in [-0.05, 0) is 47.5 Å². The molecule has 5 rings (SSSR count). The minimum atomic E-state index is -4.50. The highest BCUT2D eigenvalue weighted by Gasteiger charge is 2.32. The van der Waals surface area contributed by atoms with Crippen molar-refractivity contribution in [3.05, 3.63) is 119 Å². The van der Waals surface area contributed by atoms with E-state index >= 15 is 0 Å². The summed E-state index contributed by atoms with van der Waals surface area (Å²) in [6, 6.07) is 22.7. The summed E-state index contributed by atoms with van der Waals surface area (Å²) >= 11 is 0. The molecule has 0 saturated heterocycles. The van der Waals surface area contributed by atoms with Gasteiger partial charge in [0.05, 0.1) is 12.1 Å². The molecule has 170 valence electrons. The van der Waals surface area contributed by atoms with Crippen LogP contribution in [-0.4, -0.2) is 5.84 Å². The van der Waals surface area contributed by atoms with Crippen LogP contribution in [0.5, 0.6) is 0 Å². The smallest absolute Gasteiger partial charge is 0.321 e. The Kier molecular flexibility index (Phi) is 5.40. The van der Waals surface area contributed by atoms with Crippen molar-refractivity contribution in [2.24, 2.45) is 4.99 Å². The molecule has 0 N–H and O–H groups in total. The highest BCUT2D eigenvalue weighted by Crippen LogP contribution is 2.36. The van der Waals surface area contributed by atoms with Gasteiger partial charge in [0.15, 0.2) is 0 Å². The second-order valence-corrected chi connectivity index (χ2v) is 7.90. The van der Waals surface area contributed by atoms with Crippen LogP contribution in [0.15, 0.2) is 96.0 Å². The largest absolute Gasteiger partial charge is 0.416 e. The summed E-state index contributed by atoms with van der Waals surface area (Å²) in [6.45, 7) is 0.160. The summed E-state index contributed by atoms with van der Waals surface area (Å²) in [5, 5.41) is 0. The predicted octanol–water partition coefficient (Wildman–Crippen LogP) is 7.75. The van der Waals surface area contributed by atoms with Gasteiger partial charge < -0.3 is 4.90 Å². The van der Waals surface area contributed by atoms with Crippen LogP contribution in [0.4, 0.5) is 33.3 Å². The van der Waals surface area contributed by atoms with E-state index in [0.717, 1.165) is 23.3 Å². The van der Waals surface area contributed by atoms with Gasteiger partial charge in [-0.1, -0.05) is 54.6 Å². The number of hydrogen-bond acceptors (Lipinski definition) is 2. The lowest BCUT2D eigenvalue weighted by Gasteiger charge is -2.31. The number of fused-ring (bicyclic) bond motifs is 1. The summed E-state index contributed by atoms with van der Waals surface area (Å²) < 4.78 is 67.8. The third-order valence-electron chi connectivity index (χ3n) is 5.68. The molecule has 4 aromatic carbocycles. The fourth-order valence-electron chi connectivity index (χ4n) is 3.96. The monoisotopic (exact) mass is 464 g/mol. The van der Waals surface area contributed by atoms with Crippen molar-refractivity contribution < 1.29 is 22.0 Å². The van der Waals surface area contributed by atoms with E-state index in [1.807, 2.05) is 12.1 Å². The Morgan fingerprint density at radius 3 is 2.00 bits per heavy atom. The fraction of sp³-hybridized carbons (Fsp3) is 0.0741. The van der Waals surface area contributed by atoms with Crippen molar-refractivity contribution in [3.8, 4) is 11.1 Å². The first-order chi connectivity index (χ1) is 16.3. The Morgan fingerprint density at radius 1 is 0.706 bits per heavy atom. The zero-order valence-electron chi connectivity index (χ0n) is 17.7. The highest BCUT2D eigenvalue weighted by molar-refractivity contribution is 6.12. The van der Waals surface area contributed by atoms with E-state index in [1.54, 1.807) is 47.4 Å². The van der Waals surface area contributed by atoms with Crippen LogP contribution in [0, 0.1) is 11.6 Å². The van der Waals surface area contributed by atoms with Crippen molar-refractivity contribution in [2.45, 2.75) is 12.7 Å². The van der Waals surface area contributed by atoms with Gasteiger partial charge in [-0.25, -0.2) is 13.8 Å². The second kappa shape index (κ2) is 8.41. The lowest BCUT2D eigenvalue weighted by molar-refractivity contribution is -0.137. The number of anilines is 1. The molecule has 0 aliphatic carbocycles. The first-order valence-corrected chi connectivity index (χ1v) is 10.5. The molecule has 0 bridgehead atoms. The molecule has 1 aliphatic heterocycles. The Bertz CT molecular complexity index is 1370. The zero-order chi connectivity index (χ0) is 23.9. The average molecular weight is 464 g/mol. The number of rotatable bonds is 3. The van der Waals surface area contributed by atoms with Gasteiger partial charge in [-0.3, -0.25) is 0 Å². The summed E-state index contributed by atoms with van der Waals surface area (Å²) in [4.78, 5) is 6.16. The summed E-state index contributed by atoms with van der Waals surface area (Å²) in [6.07, 6.45) is -4.50. The quantitative estimate of drug-likeness (QED) is 0.283. The number of alkyl halides is 3. The zero-order valence-corrected chi connectivity index (χ0v) is 17.7. The lowest BCUT2D eigenvalue weighted by atomic mass is 10.0. The third-order valence-corrected chi connectivity index (χ3v) is 5.68. The van der Waals surface area contributed by atoms with Crippen LogP contribution in [-0.2, 0) is 12.7 Å². The van der Waals surface area contributed by atoms with Gasteiger partial charge in [-0.2, -0.15) is 13.2 Å².